The van der Waals surface area contributed by atoms with Crippen molar-refractivity contribution in [2.45, 2.75) is 6.54 Å². The summed E-state index contributed by atoms with van der Waals surface area (Å²) in [5, 5.41) is 11.6. The van der Waals surface area contributed by atoms with Gasteiger partial charge in [-0.2, -0.15) is 0 Å². The van der Waals surface area contributed by atoms with Crippen molar-refractivity contribution >= 4 is 17.2 Å². The highest BCUT2D eigenvalue weighted by Crippen LogP contribution is 2.33. The van der Waals surface area contributed by atoms with Crippen LogP contribution in [0.3, 0.4) is 0 Å². The smallest absolute Gasteiger partial charge is 0.376 e. The maximum Gasteiger partial charge on any atom is 0.376 e. The first-order valence-corrected chi connectivity index (χ1v) is 9.62. The lowest BCUT2D eigenvalue weighted by Gasteiger charge is -2.35. The lowest BCUT2D eigenvalue weighted by molar-refractivity contribution is -0.385. The number of nitro groups is 1. The van der Waals surface area contributed by atoms with Gasteiger partial charge in [0.1, 0.15) is 5.65 Å². The molecular weight excluding hydrogens is 390 g/mol. The van der Waals surface area contributed by atoms with Crippen LogP contribution in [0, 0.1) is 10.1 Å². The van der Waals surface area contributed by atoms with E-state index in [0.717, 1.165) is 23.6 Å². The van der Waals surface area contributed by atoms with Gasteiger partial charge < -0.3 is 14.4 Å². The average Bonchev–Trinajstić information content (AvgIpc) is 3.22. The molecule has 2 aliphatic rings. The van der Waals surface area contributed by atoms with Crippen LogP contribution in [0.15, 0.2) is 47.4 Å². The number of nitrogens with zero attached hydrogens (tertiary/aromatic N) is 5. The van der Waals surface area contributed by atoms with Gasteiger partial charge >= 0.3 is 11.2 Å². The molecule has 0 radical (unpaired) electrons. The Morgan fingerprint density at radius 2 is 1.87 bits per heavy atom. The standard InChI is InChI=1S/C20H19N5O5/c26-20-18(25(27)28)19(21-17-3-1-2-6-24(17)20)23-9-7-22(8-10-23)12-14-4-5-15-16(11-14)30-13-29-15/h1-6,11H,7-10,12-13H2. The monoisotopic (exact) mass is 409 g/mol. The Hall–Kier alpha value is -3.66. The number of benzene rings is 1. The molecule has 5 rings (SSSR count). The highest BCUT2D eigenvalue weighted by Gasteiger charge is 2.30. The van der Waals surface area contributed by atoms with Crippen molar-refractivity contribution in [3.63, 3.8) is 0 Å². The van der Waals surface area contributed by atoms with Crippen molar-refractivity contribution in [3.05, 3.63) is 68.6 Å². The van der Waals surface area contributed by atoms with Crippen molar-refractivity contribution in [3.8, 4) is 11.5 Å². The molecule has 0 unspecified atom stereocenters. The van der Waals surface area contributed by atoms with E-state index in [1.165, 1.54) is 10.6 Å². The summed E-state index contributed by atoms with van der Waals surface area (Å²) < 4.78 is 12.0. The van der Waals surface area contributed by atoms with Crippen LogP contribution in [0.25, 0.3) is 5.65 Å². The van der Waals surface area contributed by atoms with E-state index in [9.17, 15) is 14.9 Å². The summed E-state index contributed by atoms with van der Waals surface area (Å²) in [5.41, 5.74) is 0.359. The Kier molecular flexibility index (Phi) is 4.47. The Morgan fingerprint density at radius 1 is 1.07 bits per heavy atom. The topological polar surface area (TPSA) is 102 Å². The van der Waals surface area contributed by atoms with Crippen molar-refractivity contribution in [1.29, 1.82) is 0 Å². The van der Waals surface area contributed by atoms with Crippen molar-refractivity contribution in [2.75, 3.05) is 37.9 Å². The number of fused-ring (bicyclic) bond motifs is 2. The summed E-state index contributed by atoms with van der Waals surface area (Å²) in [5.74, 6) is 1.64. The molecular formula is C20H19N5O5. The van der Waals surface area contributed by atoms with Gasteiger partial charge in [-0.1, -0.05) is 12.1 Å². The minimum Gasteiger partial charge on any atom is -0.454 e. The molecule has 0 N–H and O–H groups in total. The molecule has 10 heteroatoms. The van der Waals surface area contributed by atoms with Crippen LogP contribution in [0.5, 0.6) is 11.5 Å². The predicted molar refractivity (Wildman–Crippen MR) is 108 cm³/mol. The summed E-state index contributed by atoms with van der Waals surface area (Å²) in [6, 6.07) is 11.0. The fourth-order valence-electron chi connectivity index (χ4n) is 3.86. The molecule has 2 aromatic heterocycles. The minimum atomic E-state index is -0.664. The zero-order valence-corrected chi connectivity index (χ0v) is 16.1. The molecule has 2 aliphatic heterocycles. The second-order valence-corrected chi connectivity index (χ2v) is 7.23. The van der Waals surface area contributed by atoms with E-state index in [0.29, 0.717) is 31.8 Å². The number of hydrogen-bond acceptors (Lipinski definition) is 8. The van der Waals surface area contributed by atoms with Gasteiger partial charge in [0.05, 0.1) is 4.92 Å². The summed E-state index contributed by atoms with van der Waals surface area (Å²) in [7, 11) is 0. The Balaban J connectivity index is 1.35. The van der Waals surface area contributed by atoms with E-state index in [4.69, 9.17) is 9.47 Å². The summed E-state index contributed by atoms with van der Waals surface area (Å²) in [6.45, 7) is 3.46. The van der Waals surface area contributed by atoms with E-state index in [2.05, 4.69) is 9.88 Å². The number of pyridine rings is 1. The molecule has 0 spiro atoms. The first-order valence-electron chi connectivity index (χ1n) is 9.62. The van der Waals surface area contributed by atoms with Crippen LogP contribution in [0.2, 0.25) is 0 Å². The molecule has 0 aliphatic carbocycles. The third-order valence-corrected chi connectivity index (χ3v) is 5.39. The van der Waals surface area contributed by atoms with Crippen LogP contribution < -0.4 is 19.9 Å². The van der Waals surface area contributed by atoms with Crippen molar-refractivity contribution in [1.82, 2.24) is 14.3 Å². The molecule has 0 bridgehead atoms. The number of aromatic nitrogens is 2. The van der Waals surface area contributed by atoms with E-state index in [-0.39, 0.29) is 12.6 Å². The molecule has 3 aromatic rings. The first kappa shape index (κ1) is 18.4. The van der Waals surface area contributed by atoms with Crippen LogP contribution in [-0.2, 0) is 6.54 Å². The molecule has 0 atom stereocenters. The molecule has 1 aromatic carbocycles. The number of piperazine rings is 1. The average molecular weight is 409 g/mol. The third kappa shape index (κ3) is 3.20. The zero-order chi connectivity index (χ0) is 20.7. The minimum absolute atomic E-state index is 0.138. The van der Waals surface area contributed by atoms with E-state index in [1.54, 1.807) is 18.2 Å². The molecule has 1 fully saturated rings. The SMILES string of the molecule is O=c1c([N+](=O)[O-])c(N2CCN(Cc3ccc4c(c3)OCO4)CC2)nc2ccccn12. The van der Waals surface area contributed by atoms with Gasteiger partial charge in [-0.3, -0.25) is 24.2 Å². The van der Waals surface area contributed by atoms with Gasteiger partial charge in [0.2, 0.25) is 12.6 Å². The number of hydrogen-bond donors (Lipinski definition) is 0. The second-order valence-electron chi connectivity index (χ2n) is 7.23. The summed E-state index contributed by atoms with van der Waals surface area (Å²) in [4.78, 5) is 32.1. The fourth-order valence-corrected chi connectivity index (χ4v) is 3.86. The van der Waals surface area contributed by atoms with Gasteiger partial charge in [-0.25, -0.2) is 4.98 Å². The van der Waals surface area contributed by atoms with Gasteiger partial charge in [0, 0.05) is 38.9 Å². The predicted octanol–water partition coefficient (Wildman–Crippen LogP) is 1.65. The normalized spacial score (nSPS) is 16.2. The largest absolute Gasteiger partial charge is 0.454 e. The Morgan fingerprint density at radius 3 is 2.67 bits per heavy atom. The number of rotatable bonds is 4. The van der Waals surface area contributed by atoms with E-state index in [1.807, 2.05) is 23.1 Å². The fraction of sp³-hybridized carbons (Fsp3) is 0.300. The van der Waals surface area contributed by atoms with Gasteiger partial charge in [-0.15, -0.1) is 0 Å². The third-order valence-electron chi connectivity index (χ3n) is 5.39. The van der Waals surface area contributed by atoms with Crippen molar-refractivity contribution in [2.24, 2.45) is 0 Å². The van der Waals surface area contributed by atoms with Crippen molar-refractivity contribution < 1.29 is 14.4 Å². The zero-order valence-electron chi connectivity index (χ0n) is 16.1. The summed E-state index contributed by atoms with van der Waals surface area (Å²) >= 11 is 0. The quantitative estimate of drug-likeness (QED) is 0.474. The molecule has 10 nitrogen and oxygen atoms in total. The molecule has 0 amide bonds. The van der Waals surface area contributed by atoms with Crippen LogP contribution >= 0.6 is 0 Å². The van der Waals surface area contributed by atoms with Gasteiger partial charge in [-0.05, 0) is 29.8 Å². The lowest BCUT2D eigenvalue weighted by Crippen LogP contribution is -2.47. The Bertz CT molecular complexity index is 1190. The molecule has 0 saturated carbocycles. The first-order chi connectivity index (χ1) is 14.6. The van der Waals surface area contributed by atoms with Crippen LogP contribution in [0.1, 0.15) is 5.56 Å². The van der Waals surface area contributed by atoms with E-state index >= 15 is 0 Å². The second kappa shape index (κ2) is 7.30. The van der Waals surface area contributed by atoms with Gasteiger partial charge in [0.25, 0.3) is 0 Å². The van der Waals surface area contributed by atoms with Gasteiger partial charge in [0.15, 0.2) is 11.5 Å². The molecule has 4 heterocycles. The molecule has 30 heavy (non-hydrogen) atoms. The lowest BCUT2D eigenvalue weighted by atomic mass is 10.1. The summed E-state index contributed by atoms with van der Waals surface area (Å²) in [6.07, 6.45) is 1.49. The highest BCUT2D eigenvalue weighted by molar-refractivity contribution is 5.61. The molecule has 1 saturated heterocycles. The van der Waals surface area contributed by atoms with Crippen LogP contribution in [0.4, 0.5) is 11.5 Å². The highest BCUT2D eigenvalue weighted by atomic mass is 16.7. The maximum atomic E-state index is 12.7. The van der Waals surface area contributed by atoms with Crippen LogP contribution in [-0.4, -0.2) is 52.2 Å². The maximum absolute atomic E-state index is 12.7. The number of anilines is 1. The molecule has 154 valence electrons. The Labute approximate surface area is 171 Å². The number of ether oxygens (including phenoxy) is 2. The van der Waals surface area contributed by atoms with E-state index < -0.39 is 16.2 Å².